The van der Waals surface area contributed by atoms with Gasteiger partial charge in [0.25, 0.3) is 0 Å². The molecule has 0 aromatic rings. The lowest BCUT2D eigenvalue weighted by Gasteiger charge is -1.81. The summed E-state index contributed by atoms with van der Waals surface area (Å²) >= 11 is 0. The van der Waals surface area contributed by atoms with Gasteiger partial charge in [0.1, 0.15) is 0 Å². The maximum atomic E-state index is 10.0. The summed E-state index contributed by atoms with van der Waals surface area (Å²) in [6, 6.07) is 0. The summed E-state index contributed by atoms with van der Waals surface area (Å²) < 4.78 is 9.03. The molecule has 0 bridgehead atoms. The summed E-state index contributed by atoms with van der Waals surface area (Å²) in [6.07, 6.45) is 3.08. The van der Waals surface area contributed by atoms with Gasteiger partial charge in [0, 0.05) is 12.8 Å². The average Bonchev–Trinajstić information content (AvgIpc) is 2.63. The second-order valence-electron chi connectivity index (χ2n) is 2.65. The Morgan fingerprint density at radius 3 is 1.33 bits per heavy atom. The standard InChI is InChI=1S/2C4H6O2/c2*5-4-2-1-3-6-4/h2*1-3H2. The van der Waals surface area contributed by atoms with Crippen LogP contribution in [0.2, 0.25) is 0 Å². The molecule has 2 aliphatic rings. The number of cyclic esters (lactones) is 2. The fourth-order valence-electron chi connectivity index (χ4n) is 0.949. The van der Waals surface area contributed by atoms with Gasteiger partial charge >= 0.3 is 11.9 Å². The van der Waals surface area contributed by atoms with E-state index >= 15 is 0 Å². The van der Waals surface area contributed by atoms with Crippen molar-refractivity contribution in [2.24, 2.45) is 0 Å². The summed E-state index contributed by atoms with van der Waals surface area (Å²) in [5.41, 5.74) is 0. The molecule has 0 amide bonds. The van der Waals surface area contributed by atoms with E-state index < -0.39 is 0 Å². The van der Waals surface area contributed by atoms with Gasteiger partial charge in [-0.25, -0.2) is 0 Å². The third-order valence-electron chi connectivity index (χ3n) is 1.58. The van der Waals surface area contributed by atoms with Crippen LogP contribution in [0.3, 0.4) is 0 Å². The molecular weight excluding hydrogens is 160 g/mol. The predicted molar refractivity (Wildman–Crippen MR) is 40.4 cm³/mol. The van der Waals surface area contributed by atoms with E-state index in [1.54, 1.807) is 0 Å². The van der Waals surface area contributed by atoms with E-state index in [-0.39, 0.29) is 11.9 Å². The van der Waals surface area contributed by atoms with Crippen molar-refractivity contribution in [2.75, 3.05) is 13.2 Å². The predicted octanol–water partition coefficient (Wildman–Crippen LogP) is 0.647. The number of carbonyl (C=O) groups is 2. The topological polar surface area (TPSA) is 52.6 Å². The lowest BCUT2D eigenvalue weighted by molar-refractivity contribution is -0.138. The first-order valence-corrected chi connectivity index (χ1v) is 4.10. The number of ether oxygens (including phenoxy) is 2. The average molecular weight is 172 g/mol. The molecule has 2 rings (SSSR count). The molecule has 0 atom stereocenters. The van der Waals surface area contributed by atoms with Gasteiger partial charge in [-0.15, -0.1) is 0 Å². The van der Waals surface area contributed by atoms with E-state index in [1.165, 1.54) is 0 Å². The fourth-order valence-corrected chi connectivity index (χ4v) is 0.949. The van der Waals surface area contributed by atoms with Gasteiger partial charge in [0.15, 0.2) is 0 Å². The lowest BCUT2D eigenvalue weighted by Crippen LogP contribution is -1.88. The second kappa shape index (κ2) is 4.74. The van der Waals surface area contributed by atoms with E-state index in [4.69, 9.17) is 0 Å². The first kappa shape index (κ1) is 9.03. The number of esters is 2. The Morgan fingerprint density at radius 2 is 1.25 bits per heavy atom. The van der Waals surface area contributed by atoms with Crippen molar-refractivity contribution in [1.29, 1.82) is 0 Å². The quantitative estimate of drug-likeness (QED) is 0.503. The van der Waals surface area contributed by atoms with Crippen LogP contribution in [0.5, 0.6) is 0 Å². The van der Waals surface area contributed by atoms with Crippen molar-refractivity contribution < 1.29 is 19.1 Å². The highest BCUT2D eigenvalue weighted by molar-refractivity contribution is 5.71. The first-order valence-electron chi connectivity index (χ1n) is 4.10. The van der Waals surface area contributed by atoms with Crippen LogP contribution in [0.1, 0.15) is 25.7 Å². The Hall–Kier alpha value is -1.06. The lowest BCUT2D eigenvalue weighted by atomic mass is 10.4. The Bertz CT molecular complexity index is 140. The van der Waals surface area contributed by atoms with Gasteiger partial charge in [0.05, 0.1) is 13.2 Å². The van der Waals surface area contributed by atoms with E-state index in [1.807, 2.05) is 0 Å². The molecule has 4 heteroatoms. The zero-order valence-corrected chi connectivity index (χ0v) is 6.88. The van der Waals surface area contributed by atoms with Crippen LogP contribution < -0.4 is 0 Å². The maximum absolute atomic E-state index is 10.0. The molecule has 0 spiro atoms. The molecule has 4 nitrogen and oxygen atoms in total. The third-order valence-corrected chi connectivity index (χ3v) is 1.58. The van der Waals surface area contributed by atoms with Gasteiger partial charge in [0.2, 0.25) is 0 Å². The minimum absolute atomic E-state index is 0.0463. The van der Waals surface area contributed by atoms with Crippen LogP contribution in [-0.2, 0) is 19.1 Å². The molecule has 2 aliphatic heterocycles. The Kier molecular flexibility index (Phi) is 3.57. The molecule has 0 radical (unpaired) electrons. The zero-order valence-electron chi connectivity index (χ0n) is 6.88. The Morgan fingerprint density at radius 1 is 0.833 bits per heavy atom. The molecule has 2 fully saturated rings. The van der Waals surface area contributed by atoms with Crippen molar-refractivity contribution in [2.45, 2.75) is 25.7 Å². The van der Waals surface area contributed by atoms with Crippen molar-refractivity contribution in [3.05, 3.63) is 0 Å². The largest absolute Gasteiger partial charge is 0.466 e. The molecule has 0 aliphatic carbocycles. The highest BCUT2D eigenvalue weighted by Gasteiger charge is 2.08. The highest BCUT2D eigenvalue weighted by Crippen LogP contribution is 2.01. The molecule has 12 heavy (non-hydrogen) atoms. The first-order chi connectivity index (χ1) is 5.79. The normalized spacial score (nSPS) is 21.0. The van der Waals surface area contributed by atoms with Crippen molar-refractivity contribution >= 4 is 11.9 Å². The van der Waals surface area contributed by atoms with Crippen molar-refractivity contribution in [1.82, 2.24) is 0 Å². The molecule has 2 heterocycles. The molecule has 0 aromatic heterocycles. The molecule has 0 unspecified atom stereocenters. The molecular formula is C8H12O4. The van der Waals surface area contributed by atoms with E-state index in [2.05, 4.69) is 9.47 Å². The van der Waals surface area contributed by atoms with Gasteiger partial charge in [-0.05, 0) is 12.8 Å². The Balaban J connectivity index is 0.000000120. The molecule has 2 saturated heterocycles. The monoisotopic (exact) mass is 172 g/mol. The van der Waals surface area contributed by atoms with E-state index in [9.17, 15) is 9.59 Å². The summed E-state index contributed by atoms with van der Waals surface area (Å²) in [5, 5.41) is 0. The van der Waals surface area contributed by atoms with Crippen LogP contribution in [0.15, 0.2) is 0 Å². The second-order valence-corrected chi connectivity index (χ2v) is 2.65. The van der Waals surface area contributed by atoms with Crippen LogP contribution in [0.4, 0.5) is 0 Å². The van der Waals surface area contributed by atoms with Crippen LogP contribution >= 0.6 is 0 Å². The summed E-state index contributed by atoms with van der Waals surface area (Å²) in [5.74, 6) is -0.0926. The van der Waals surface area contributed by atoms with E-state index in [0.29, 0.717) is 26.1 Å². The number of hydrogen-bond acceptors (Lipinski definition) is 4. The number of hydrogen-bond donors (Lipinski definition) is 0. The summed E-state index contributed by atoms with van der Waals surface area (Å²) in [4.78, 5) is 20.0. The summed E-state index contributed by atoms with van der Waals surface area (Å²) in [6.45, 7) is 1.28. The van der Waals surface area contributed by atoms with Crippen molar-refractivity contribution in [3.63, 3.8) is 0 Å². The molecule has 0 N–H and O–H groups in total. The zero-order chi connectivity index (χ0) is 8.81. The molecule has 68 valence electrons. The smallest absolute Gasteiger partial charge is 0.305 e. The van der Waals surface area contributed by atoms with Gasteiger partial charge in [-0.2, -0.15) is 0 Å². The third kappa shape index (κ3) is 3.37. The fraction of sp³-hybridized carbons (Fsp3) is 0.750. The SMILES string of the molecule is O=C1CCCO1.O=C1CCCO1. The summed E-state index contributed by atoms with van der Waals surface area (Å²) in [7, 11) is 0. The van der Waals surface area contributed by atoms with Crippen LogP contribution in [-0.4, -0.2) is 25.2 Å². The highest BCUT2D eigenvalue weighted by atomic mass is 16.5. The van der Waals surface area contributed by atoms with Crippen molar-refractivity contribution in [3.8, 4) is 0 Å². The number of carbonyl (C=O) groups excluding carboxylic acids is 2. The van der Waals surface area contributed by atoms with E-state index in [0.717, 1.165) is 12.8 Å². The minimum atomic E-state index is -0.0463. The molecule has 0 saturated carbocycles. The molecule has 0 aromatic carbocycles. The van der Waals surface area contributed by atoms with Gasteiger partial charge < -0.3 is 9.47 Å². The minimum Gasteiger partial charge on any atom is -0.466 e. The van der Waals surface area contributed by atoms with Crippen LogP contribution in [0.25, 0.3) is 0 Å². The van der Waals surface area contributed by atoms with Crippen LogP contribution in [0, 0.1) is 0 Å². The van der Waals surface area contributed by atoms with Gasteiger partial charge in [-0.3, -0.25) is 9.59 Å². The number of rotatable bonds is 0. The van der Waals surface area contributed by atoms with Gasteiger partial charge in [-0.1, -0.05) is 0 Å². The Labute approximate surface area is 70.8 Å². The maximum Gasteiger partial charge on any atom is 0.305 e.